The molecule has 0 saturated heterocycles. The van der Waals surface area contributed by atoms with Gasteiger partial charge in [0.1, 0.15) is 0 Å². The van der Waals surface area contributed by atoms with Gasteiger partial charge in [-0.3, -0.25) is 0 Å². The van der Waals surface area contributed by atoms with E-state index < -0.39 is 18.0 Å². The molecule has 0 fully saturated rings. The smallest absolute Gasteiger partial charge is 0.315 e. The molecule has 0 aromatic rings. The average Bonchev–Trinajstić information content (AvgIpc) is 2.10. The van der Waals surface area contributed by atoms with Gasteiger partial charge in [0.15, 0.2) is 0 Å². The van der Waals surface area contributed by atoms with E-state index in [1.54, 1.807) is 13.8 Å². The Hall–Kier alpha value is -0.910. The van der Waals surface area contributed by atoms with Crippen LogP contribution in [0.5, 0.6) is 0 Å². The number of urea groups is 1. The number of hydrogen-bond donors (Lipinski definition) is 2. The second kappa shape index (κ2) is 7.39. The van der Waals surface area contributed by atoms with E-state index in [4.69, 9.17) is 0 Å². The summed E-state index contributed by atoms with van der Waals surface area (Å²) in [5.74, 6) is -0.580. The van der Waals surface area contributed by atoms with Crippen LogP contribution in [0.4, 0.5) is 4.79 Å². The topological polar surface area (TPSA) is 81.3 Å². The first kappa shape index (κ1) is 14.1. The third kappa shape index (κ3) is 7.07. The van der Waals surface area contributed by atoms with Crippen LogP contribution >= 0.6 is 11.8 Å². The molecule has 5 nitrogen and oxygen atoms in total. The van der Waals surface area contributed by atoms with E-state index in [9.17, 15) is 14.7 Å². The number of aliphatic carboxylic acids is 1. The summed E-state index contributed by atoms with van der Waals surface area (Å²) < 4.78 is 0. The van der Waals surface area contributed by atoms with Crippen molar-refractivity contribution < 1.29 is 14.7 Å². The van der Waals surface area contributed by atoms with E-state index >= 15 is 0 Å². The van der Waals surface area contributed by atoms with Gasteiger partial charge in [-0.05, 0) is 32.3 Å². The molecule has 0 aliphatic heterocycles. The Morgan fingerprint density at radius 3 is 2.33 bits per heavy atom. The SMILES string of the molecule is CSCC[C@H](NC(=O)NC(C)C)C(=O)[O-]. The number of carboxylic acids is 1. The largest absolute Gasteiger partial charge is 0.548 e. The van der Waals surface area contributed by atoms with Gasteiger partial charge in [0, 0.05) is 6.04 Å². The van der Waals surface area contributed by atoms with Crippen molar-refractivity contribution in [1.82, 2.24) is 10.6 Å². The molecule has 2 amide bonds. The van der Waals surface area contributed by atoms with Crippen LogP contribution in [0, 0.1) is 0 Å². The Balaban J connectivity index is 4.04. The van der Waals surface area contributed by atoms with Crippen molar-refractivity contribution in [2.45, 2.75) is 32.4 Å². The number of thioether (sulfide) groups is 1. The predicted molar refractivity (Wildman–Crippen MR) is 58.6 cm³/mol. The Bertz CT molecular complexity index is 221. The molecule has 0 rings (SSSR count). The zero-order valence-corrected chi connectivity index (χ0v) is 10.0. The van der Waals surface area contributed by atoms with Crippen LogP contribution < -0.4 is 15.7 Å². The first-order valence-electron chi connectivity index (χ1n) is 4.74. The molecule has 2 N–H and O–H groups in total. The molecule has 0 saturated carbocycles. The van der Waals surface area contributed by atoms with Crippen molar-refractivity contribution in [1.29, 1.82) is 0 Å². The minimum Gasteiger partial charge on any atom is -0.548 e. The number of carbonyl (C=O) groups excluding carboxylic acids is 2. The normalized spacial score (nSPS) is 12.3. The molecule has 0 bridgehead atoms. The summed E-state index contributed by atoms with van der Waals surface area (Å²) in [5.41, 5.74) is 0. The van der Waals surface area contributed by atoms with Gasteiger partial charge in [0.05, 0.1) is 12.0 Å². The van der Waals surface area contributed by atoms with Crippen LogP contribution in [0.1, 0.15) is 20.3 Å². The number of rotatable bonds is 6. The van der Waals surface area contributed by atoms with E-state index in [1.165, 1.54) is 11.8 Å². The van der Waals surface area contributed by atoms with Gasteiger partial charge in [0.2, 0.25) is 0 Å². The molecule has 15 heavy (non-hydrogen) atoms. The zero-order chi connectivity index (χ0) is 11.8. The van der Waals surface area contributed by atoms with Crippen molar-refractivity contribution >= 4 is 23.8 Å². The van der Waals surface area contributed by atoms with Crippen LogP contribution in [0.3, 0.4) is 0 Å². The minimum absolute atomic E-state index is 0.0204. The highest BCUT2D eigenvalue weighted by atomic mass is 32.2. The summed E-state index contributed by atoms with van der Waals surface area (Å²) in [4.78, 5) is 21.9. The fourth-order valence-corrected chi connectivity index (χ4v) is 1.42. The molecule has 0 unspecified atom stereocenters. The van der Waals surface area contributed by atoms with Crippen LogP contribution in [0.2, 0.25) is 0 Å². The number of hydrogen-bond acceptors (Lipinski definition) is 4. The standard InChI is InChI=1S/C9H18N2O3S/c1-6(2)10-9(14)11-7(8(12)13)4-5-15-3/h6-7H,4-5H2,1-3H3,(H,12,13)(H2,10,11,14)/p-1/t7-/m0/s1. The monoisotopic (exact) mass is 233 g/mol. The molecule has 1 atom stereocenters. The van der Waals surface area contributed by atoms with Gasteiger partial charge in [-0.25, -0.2) is 4.79 Å². The summed E-state index contributed by atoms with van der Waals surface area (Å²) in [7, 11) is 0. The molecule has 0 aromatic heterocycles. The number of carbonyl (C=O) groups is 2. The number of carboxylic acid groups (broad SMARTS) is 1. The van der Waals surface area contributed by atoms with Crippen molar-refractivity contribution in [2.75, 3.05) is 12.0 Å². The molecular formula is C9H17N2O3S-. The zero-order valence-electron chi connectivity index (χ0n) is 9.20. The molecular weight excluding hydrogens is 216 g/mol. The third-order valence-electron chi connectivity index (χ3n) is 1.62. The van der Waals surface area contributed by atoms with E-state index in [2.05, 4.69) is 10.6 Å². The van der Waals surface area contributed by atoms with Gasteiger partial charge in [-0.2, -0.15) is 11.8 Å². The van der Waals surface area contributed by atoms with Crippen LogP contribution in [0.25, 0.3) is 0 Å². The lowest BCUT2D eigenvalue weighted by Gasteiger charge is -2.20. The molecule has 0 aromatic carbocycles. The van der Waals surface area contributed by atoms with Gasteiger partial charge in [0.25, 0.3) is 0 Å². The summed E-state index contributed by atoms with van der Waals surface area (Å²) in [6.45, 7) is 3.60. The van der Waals surface area contributed by atoms with Gasteiger partial charge in [-0.1, -0.05) is 0 Å². The molecule has 0 heterocycles. The van der Waals surface area contributed by atoms with Crippen molar-refractivity contribution in [3.63, 3.8) is 0 Å². The number of nitrogens with one attached hydrogen (secondary N) is 2. The van der Waals surface area contributed by atoms with Gasteiger partial charge < -0.3 is 20.5 Å². The molecule has 0 aliphatic rings. The highest BCUT2D eigenvalue weighted by Gasteiger charge is 2.13. The van der Waals surface area contributed by atoms with E-state index in [0.717, 1.165) is 0 Å². The lowest BCUT2D eigenvalue weighted by Crippen LogP contribution is -2.52. The van der Waals surface area contributed by atoms with E-state index in [1.807, 2.05) is 6.26 Å². The second-order valence-corrected chi connectivity index (χ2v) is 4.41. The minimum atomic E-state index is -1.25. The predicted octanol–water partition coefficient (Wildman–Crippen LogP) is -0.434. The Kier molecular flexibility index (Phi) is 6.94. The summed E-state index contributed by atoms with van der Waals surface area (Å²) in [5, 5.41) is 15.6. The average molecular weight is 233 g/mol. The van der Waals surface area contributed by atoms with E-state index in [-0.39, 0.29) is 6.04 Å². The molecule has 0 radical (unpaired) electrons. The van der Waals surface area contributed by atoms with Crippen molar-refractivity contribution in [3.05, 3.63) is 0 Å². The Morgan fingerprint density at radius 2 is 1.93 bits per heavy atom. The van der Waals surface area contributed by atoms with Gasteiger partial charge >= 0.3 is 6.03 Å². The van der Waals surface area contributed by atoms with Crippen molar-refractivity contribution in [3.8, 4) is 0 Å². The lowest BCUT2D eigenvalue weighted by atomic mass is 10.2. The van der Waals surface area contributed by atoms with Crippen LogP contribution in [-0.2, 0) is 4.79 Å². The fourth-order valence-electron chi connectivity index (χ4n) is 0.947. The van der Waals surface area contributed by atoms with Crippen LogP contribution in [-0.4, -0.2) is 36.1 Å². The van der Waals surface area contributed by atoms with Crippen LogP contribution in [0.15, 0.2) is 0 Å². The Morgan fingerprint density at radius 1 is 1.33 bits per heavy atom. The first-order chi connectivity index (χ1) is 6.97. The van der Waals surface area contributed by atoms with Gasteiger partial charge in [-0.15, -0.1) is 0 Å². The summed E-state index contributed by atoms with van der Waals surface area (Å²) in [6.07, 6.45) is 2.25. The molecule has 6 heteroatoms. The number of amides is 2. The van der Waals surface area contributed by atoms with E-state index in [0.29, 0.717) is 12.2 Å². The highest BCUT2D eigenvalue weighted by molar-refractivity contribution is 7.98. The Labute approximate surface area is 94.0 Å². The molecule has 0 aliphatic carbocycles. The lowest BCUT2D eigenvalue weighted by molar-refractivity contribution is -0.308. The summed E-state index contributed by atoms with van der Waals surface area (Å²) >= 11 is 1.53. The molecule has 88 valence electrons. The maximum atomic E-state index is 11.2. The maximum Gasteiger partial charge on any atom is 0.315 e. The first-order valence-corrected chi connectivity index (χ1v) is 6.13. The summed E-state index contributed by atoms with van der Waals surface area (Å²) in [6, 6.07) is -1.41. The van der Waals surface area contributed by atoms with Crippen molar-refractivity contribution in [2.24, 2.45) is 0 Å². The fraction of sp³-hybridized carbons (Fsp3) is 0.778. The third-order valence-corrected chi connectivity index (χ3v) is 2.26. The second-order valence-electron chi connectivity index (χ2n) is 3.43. The quantitative estimate of drug-likeness (QED) is 0.652. The maximum absolute atomic E-state index is 11.2. The molecule has 0 spiro atoms. The highest BCUT2D eigenvalue weighted by Crippen LogP contribution is 1.99.